The van der Waals surface area contributed by atoms with Crippen LogP contribution in [0.2, 0.25) is 0 Å². The van der Waals surface area contributed by atoms with E-state index >= 15 is 0 Å². The van der Waals surface area contributed by atoms with Crippen LogP contribution in [0.25, 0.3) is 0 Å². The summed E-state index contributed by atoms with van der Waals surface area (Å²) in [4.78, 5) is 4.29. The van der Waals surface area contributed by atoms with Crippen molar-refractivity contribution in [2.75, 3.05) is 34.0 Å². The Morgan fingerprint density at radius 1 is 1.04 bits per heavy atom. The second-order valence-electron chi connectivity index (χ2n) is 5.49. The molecule has 0 radical (unpaired) electrons. The van der Waals surface area contributed by atoms with E-state index in [0.29, 0.717) is 38.8 Å². The number of hydrogen-bond donors (Lipinski definition) is 1. The zero-order valence-corrected chi connectivity index (χ0v) is 17.0. The van der Waals surface area contributed by atoms with Gasteiger partial charge in [0.05, 0.1) is 24.8 Å². The molecule has 0 aliphatic rings. The van der Waals surface area contributed by atoms with Gasteiger partial charge < -0.3 is 24.3 Å². The molecule has 26 heavy (non-hydrogen) atoms. The molecular formula is C19H25BrN2O4. The molecule has 1 heterocycles. The number of aromatic nitrogens is 1. The van der Waals surface area contributed by atoms with Gasteiger partial charge in [-0.25, -0.2) is 4.98 Å². The number of hydrogen-bond acceptors (Lipinski definition) is 6. The van der Waals surface area contributed by atoms with Gasteiger partial charge in [-0.05, 0) is 46.1 Å². The molecule has 0 spiro atoms. The maximum Gasteiger partial charge on any atom is 0.213 e. The molecular weight excluding hydrogens is 400 g/mol. The van der Waals surface area contributed by atoms with Crippen LogP contribution in [0.4, 0.5) is 0 Å². The largest absolute Gasteiger partial charge is 0.493 e. The summed E-state index contributed by atoms with van der Waals surface area (Å²) in [5, 5.41) is 3.40. The van der Waals surface area contributed by atoms with Crippen LogP contribution in [0.5, 0.6) is 17.4 Å². The molecule has 1 N–H and O–H groups in total. The molecule has 6 nitrogen and oxygen atoms in total. The van der Waals surface area contributed by atoms with E-state index in [9.17, 15) is 0 Å². The Bertz CT molecular complexity index is 680. The van der Waals surface area contributed by atoms with Gasteiger partial charge in [0.1, 0.15) is 6.61 Å². The van der Waals surface area contributed by atoms with Crippen molar-refractivity contribution in [1.82, 2.24) is 10.3 Å². The molecule has 0 unspecified atom stereocenters. The highest BCUT2D eigenvalue weighted by molar-refractivity contribution is 9.10. The predicted octanol–water partition coefficient (Wildman–Crippen LogP) is 3.57. The molecule has 7 heteroatoms. The molecule has 0 amide bonds. The first kappa shape index (κ1) is 20.5. The van der Waals surface area contributed by atoms with Gasteiger partial charge in [0.25, 0.3) is 0 Å². The maximum atomic E-state index is 5.61. The van der Waals surface area contributed by atoms with Gasteiger partial charge in [-0.15, -0.1) is 0 Å². The van der Waals surface area contributed by atoms with Gasteiger partial charge >= 0.3 is 0 Å². The number of benzene rings is 1. The fourth-order valence-electron chi connectivity index (χ4n) is 2.34. The van der Waals surface area contributed by atoms with Crippen LogP contribution in [0.1, 0.15) is 18.1 Å². The van der Waals surface area contributed by atoms with Crippen LogP contribution < -0.4 is 19.5 Å². The smallest absolute Gasteiger partial charge is 0.213 e. The quantitative estimate of drug-likeness (QED) is 0.556. The van der Waals surface area contributed by atoms with E-state index in [1.807, 2.05) is 37.4 Å². The second-order valence-corrected chi connectivity index (χ2v) is 6.35. The van der Waals surface area contributed by atoms with Crippen LogP contribution in [0.3, 0.4) is 0 Å². The Labute approximate surface area is 162 Å². The van der Waals surface area contributed by atoms with Crippen molar-refractivity contribution in [2.24, 2.45) is 0 Å². The molecule has 0 bridgehead atoms. The molecule has 2 aromatic rings. The number of nitrogens with one attached hydrogen (secondary N) is 1. The minimum absolute atomic E-state index is 0.496. The third-order valence-electron chi connectivity index (χ3n) is 3.57. The molecule has 0 saturated heterocycles. The van der Waals surface area contributed by atoms with E-state index < -0.39 is 0 Å². The predicted molar refractivity (Wildman–Crippen MR) is 104 cm³/mol. The number of rotatable bonds is 11. The number of ether oxygens (including phenoxy) is 4. The summed E-state index contributed by atoms with van der Waals surface area (Å²) in [5.74, 6) is 2.05. The summed E-state index contributed by atoms with van der Waals surface area (Å²) >= 11 is 3.54. The Morgan fingerprint density at radius 2 is 1.85 bits per heavy atom. The van der Waals surface area contributed by atoms with E-state index in [1.165, 1.54) is 0 Å². The van der Waals surface area contributed by atoms with Gasteiger partial charge in [-0.3, -0.25) is 0 Å². The van der Waals surface area contributed by atoms with E-state index in [2.05, 4.69) is 26.2 Å². The molecule has 0 fully saturated rings. The first-order valence-electron chi connectivity index (χ1n) is 8.44. The maximum absolute atomic E-state index is 5.61. The van der Waals surface area contributed by atoms with E-state index in [-0.39, 0.29) is 0 Å². The summed E-state index contributed by atoms with van der Waals surface area (Å²) in [5.41, 5.74) is 2.19. The van der Waals surface area contributed by atoms with Crippen molar-refractivity contribution in [3.8, 4) is 17.4 Å². The summed E-state index contributed by atoms with van der Waals surface area (Å²) in [7, 11) is 3.29. The summed E-state index contributed by atoms with van der Waals surface area (Å²) in [6.45, 7) is 4.99. The monoisotopic (exact) mass is 424 g/mol. The average Bonchev–Trinajstić information content (AvgIpc) is 2.65. The Balaban J connectivity index is 1.88. The SMILES string of the molecule is CCOc1c(Br)cc(CNCc2ccc(OCCOC)nc2)cc1OC. The van der Waals surface area contributed by atoms with Crippen LogP contribution in [-0.4, -0.2) is 39.0 Å². The Morgan fingerprint density at radius 3 is 2.50 bits per heavy atom. The van der Waals surface area contributed by atoms with E-state index in [4.69, 9.17) is 18.9 Å². The van der Waals surface area contributed by atoms with Crippen LogP contribution in [-0.2, 0) is 17.8 Å². The highest BCUT2D eigenvalue weighted by atomic mass is 79.9. The zero-order chi connectivity index (χ0) is 18.8. The summed E-state index contributed by atoms with van der Waals surface area (Å²) < 4.78 is 22.3. The third kappa shape index (κ3) is 6.16. The minimum Gasteiger partial charge on any atom is -0.493 e. The first-order valence-corrected chi connectivity index (χ1v) is 9.23. The number of nitrogens with zero attached hydrogens (tertiary/aromatic N) is 1. The van der Waals surface area contributed by atoms with Crippen molar-refractivity contribution in [3.05, 3.63) is 46.1 Å². The second kappa shape index (κ2) is 11.0. The molecule has 1 aromatic heterocycles. The molecule has 0 aliphatic heterocycles. The highest BCUT2D eigenvalue weighted by Gasteiger charge is 2.11. The third-order valence-corrected chi connectivity index (χ3v) is 4.16. The first-order chi connectivity index (χ1) is 12.7. The van der Waals surface area contributed by atoms with E-state index in [1.54, 1.807) is 14.2 Å². The lowest BCUT2D eigenvalue weighted by atomic mass is 10.2. The number of halogens is 1. The van der Waals surface area contributed by atoms with Crippen molar-refractivity contribution in [3.63, 3.8) is 0 Å². The molecule has 0 aliphatic carbocycles. The van der Waals surface area contributed by atoms with Crippen LogP contribution >= 0.6 is 15.9 Å². The van der Waals surface area contributed by atoms with Crippen LogP contribution in [0.15, 0.2) is 34.9 Å². The van der Waals surface area contributed by atoms with Gasteiger partial charge in [0, 0.05) is 32.5 Å². The fourth-order valence-corrected chi connectivity index (χ4v) is 2.95. The molecule has 2 rings (SSSR count). The lowest BCUT2D eigenvalue weighted by Crippen LogP contribution is -2.13. The van der Waals surface area contributed by atoms with E-state index in [0.717, 1.165) is 27.1 Å². The summed E-state index contributed by atoms with van der Waals surface area (Å²) in [6, 6.07) is 7.87. The fraction of sp³-hybridized carbons (Fsp3) is 0.421. The Kier molecular flexibility index (Phi) is 8.67. The summed E-state index contributed by atoms with van der Waals surface area (Å²) in [6.07, 6.45) is 1.81. The van der Waals surface area contributed by atoms with Crippen molar-refractivity contribution >= 4 is 15.9 Å². The standard InChI is InChI=1S/C19H25BrN2O4/c1-4-25-19-16(20)9-15(10-17(19)24-3)12-21-11-14-5-6-18(22-13-14)26-8-7-23-2/h5-6,9-10,13,21H,4,7-8,11-12H2,1-3H3. The van der Waals surface area contributed by atoms with Gasteiger partial charge in [0.2, 0.25) is 5.88 Å². The molecule has 0 atom stereocenters. The van der Waals surface area contributed by atoms with Gasteiger partial charge in [-0.1, -0.05) is 6.07 Å². The molecule has 142 valence electrons. The van der Waals surface area contributed by atoms with Crippen molar-refractivity contribution in [2.45, 2.75) is 20.0 Å². The average molecular weight is 425 g/mol. The minimum atomic E-state index is 0.496. The molecule has 0 saturated carbocycles. The number of pyridine rings is 1. The van der Waals surface area contributed by atoms with Gasteiger partial charge in [0.15, 0.2) is 11.5 Å². The van der Waals surface area contributed by atoms with Gasteiger partial charge in [-0.2, -0.15) is 0 Å². The topological polar surface area (TPSA) is 61.8 Å². The molecule has 1 aromatic carbocycles. The van der Waals surface area contributed by atoms with Crippen molar-refractivity contribution < 1.29 is 18.9 Å². The zero-order valence-electron chi connectivity index (χ0n) is 15.4. The number of methoxy groups -OCH3 is 2. The Hall–Kier alpha value is -1.83. The lowest BCUT2D eigenvalue weighted by Gasteiger charge is -2.14. The normalized spacial score (nSPS) is 10.6. The van der Waals surface area contributed by atoms with Crippen molar-refractivity contribution in [1.29, 1.82) is 0 Å². The van der Waals surface area contributed by atoms with Crippen LogP contribution in [0, 0.1) is 0 Å². The highest BCUT2D eigenvalue weighted by Crippen LogP contribution is 2.36. The lowest BCUT2D eigenvalue weighted by molar-refractivity contribution is 0.143.